The van der Waals surface area contributed by atoms with Crippen LogP contribution in [0.4, 0.5) is 0 Å². The Hall–Kier alpha value is 0. The van der Waals surface area contributed by atoms with Crippen molar-refractivity contribution in [3.63, 3.8) is 0 Å². The summed E-state index contributed by atoms with van der Waals surface area (Å²) in [6, 6.07) is 0. The summed E-state index contributed by atoms with van der Waals surface area (Å²) in [5.41, 5.74) is 0. The highest BCUT2D eigenvalue weighted by Gasteiger charge is 2.70. The van der Waals surface area contributed by atoms with Gasteiger partial charge in [-0.2, -0.15) is 0 Å². The third-order valence-corrected chi connectivity index (χ3v) is 4.90. The van der Waals surface area contributed by atoms with Gasteiger partial charge in [0, 0.05) is 0 Å². The topological polar surface area (TPSA) is 0 Å². The summed E-state index contributed by atoms with van der Waals surface area (Å²) >= 11 is 0. The highest BCUT2D eigenvalue weighted by atomic mass is 14.7. The Morgan fingerprint density at radius 3 is 1.27 bits per heavy atom. The van der Waals surface area contributed by atoms with Gasteiger partial charge in [0.15, 0.2) is 0 Å². The molecular weight excluding hydrogens is 180 g/mol. The molecule has 4 rings (SSSR count). The number of hydrogen-bond acceptors (Lipinski definition) is 0. The SMILES string of the molecule is CC.CC1C2CC3C1C3C2C.CCCC. The monoisotopic (exact) mass is 210 g/mol. The Balaban J connectivity index is 0.000000164. The first-order chi connectivity index (χ1) is 7.22. The van der Waals surface area contributed by atoms with Gasteiger partial charge in [-0.3, -0.25) is 0 Å². The molecule has 15 heavy (non-hydrogen) atoms. The molecule has 4 bridgehead atoms. The van der Waals surface area contributed by atoms with Crippen molar-refractivity contribution in [2.45, 2.75) is 60.8 Å². The lowest BCUT2D eigenvalue weighted by molar-refractivity contribution is 0.376. The van der Waals surface area contributed by atoms with Crippen molar-refractivity contribution in [1.82, 2.24) is 0 Å². The molecule has 4 saturated carbocycles. The molecule has 4 fully saturated rings. The first-order valence-electron chi connectivity index (χ1n) is 7.22. The molecule has 0 aliphatic heterocycles. The van der Waals surface area contributed by atoms with Gasteiger partial charge in [0.1, 0.15) is 0 Å². The lowest BCUT2D eigenvalue weighted by Gasteiger charge is -2.11. The first-order valence-corrected chi connectivity index (χ1v) is 7.22. The maximum Gasteiger partial charge on any atom is -0.0321 e. The van der Waals surface area contributed by atoms with E-state index in [1.54, 1.807) is 6.42 Å². The van der Waals surface area contributed by atoms with Crippen molar-refractivity contribution in [1.29, 1.82) is 0 Å². The van der Waals surface area contributed by atoms with Gasteiger partial charge in [-0.25, -0.2) is 0 Å². The highest BCUT2D eigenvalue weighted by molar-refractivity contribution is 5.17. The average Bonchev–Trinajstić information content (AvgIpc) is 2.67. The van der Waals surface area contributed by atoms with E-state index in [-0.39, 0.29) is 0 Å². The fourth-order valence-corrected chi connectivity index (χ4v) is 4.02. The van der Waals surface area contributed by atoms with Gasteiger partial charge in [0.05, 0.1) is 0 Å². The summed E-state index contributed by atoms with van der Waals surface area (Å²) in [5.74, 6) is 6.96. The Kier molecular flexibility index (Phi) is 4.67. The maximum absolute atomic E-state index is 2.47. The van der Waals surface area contributed by atoms with Gasteiger partial charge < -0.3 is 0 Å². The van der Waals surface area contributed by atoms with Crippen LogP contribution < -0.4 is 0 Å². The van der Waals surface area contributed by atoms with Crippen LogP contribution in [0.1, 0.15) is 60.8 Å². The summed E-state index contributed by atoms with van der Waals surface area (Å²) in [4.78, 5) is 0. The predicted octanol–water partition coefficient (Wildman–Crippen LogP) is 4.99. The zero-order valence-corrected chi connectivity index (χ0v) is 11.6. The molecule has 4 unspecified atom stereocenters. The summed E-state index contributed by atoms with van der Waals surface area (Å²) in [5, 5.41) is 0. The Bertz CT molecular complexity index is 162. The van der Waals surface area contributed by atoms with Crippen molar-refractivity contribution in [2.24, 2.45) is 35.5 Å². The van der Waals surface area contributed by atoms with E-state index in [2.05, 4.69) is 27.7 Å². The lowest BCUT2D eigenvalue weighted by atomic mass is 9.94. The Morgan fingerprint density at radius 1 is 0.800 bits per heavy atom. The second kappa shape index (κ2) is 5.37. The van der Waals surface area contributed by atoms with Crippen LogP contribution in [0.25, 0.3) is 0 Å². The maximum atomic E-state index is 2.47. The molecule has 0 heterocycles. The van der Waals surface area contributed by atoms with Crippen molar-refractivity contribution in [3.05, 3.63) is 0 Å². The number of unbranched alkanes of at least 4 members (excludes halogenated alkanes) is 1. The third-order valence-electron chi connectivity index (χ3n) is 4.90. The predicted molar refractivity (Wildman–Crippen MR) is 68.8 cm³/mol. The average molecular weight is 210 g/mol. The minimum atomic E-state index is 1.11. The van der Waals surface area contributed by atoms with Crippen molar-refractivity contribution >= 4 is 0 Å². The van der Waals surface area contributed by atoms with Crippen LogP contribution in [0, 0.1) is 35.5 Å². The van der Waals surface area contributed by atoms with Gasteiger partial charge in [-0.05, 0) is 41.9 Å². The van der Waals surface area contributed by atoms with Gasteiger partial charge in [0.25, 0.3) is 0 Å². The highest BCUT2D eigenvalue weighted by Crippen LogP contribution is 2.75. The quantitative estimate of drug-likeness (QED) is 0.572. The Morgan fingerprint density at radius 2 is 1.20 bits per heavy atom. The van der Waals surface area contributed by atoms with Gasteiger partial charge in [0.2, 0.25) is 0 Å². The van der Waals surface area contributed by atoms with Crippen molar-refractivity contribution in [2.75, 3.05) is 0 Å². The zero-order chi connectivity index (χ0) is 11.6. The molecule has 0 aromatic rings. The molecule has 0 radical (unpaired) electrons. The second-order valence-electron chi connectivity index (χ2n) is 5.44. The first kappa shape index (κ1) is 13.1. The van der Waals surface area contributed by atoms with Crippen LogP contribution in [-0.2, 0) is 0 Å². The second-order valence-corrected chi connectivity index (χ2v) is 5.44. The van der Waals surface area contributed by atoms with Crippen LogP contribution in [-0.4, -0.2) is 0 Å². The molecule has 90 valence electrons. The molecule has 0 nitrogen and oxygen atoms in total. The van der Waals surface area contributed by atoms with Crippen LogP contribution in [0.15, 0.2) is 0 Å². The van der Waals surface area contributed by atoms with E-state index in [0.717, 1.165) is 17.8 Å². The largest absolute Gasteiger partial charge is 0.0683 e. The molecule has 0 heteroatoms. The molecule has 4 aliphatic rings. The van der Waals surface area contributed by atoms with E-state index in [0.29, 0.717) is 0 Å². The van der Waals surface area contributed by atoms with Crippen LogP contribution >= 0.6 is 0 Å². The minimum Gasteiger partial charge on any atom is -0.0683 e. The van der Waals surface area contributed by atoms with Gasteiger partial charge in [-0.1, -0.05) is 54.4 Å². The van der Waals surface area contributed by atoms with Crippen molar-refractivity contribution in [3.8, 4) is 0 Å². The number of hydrogen-bond donors (Lipinski definition) is 0. The molecule has 0 N–H and O–H groups in total. The molecule has 4 aliphatic carbocycles. The number of rotatable bonds is 1. The van der Waals surface area contributed by atoms with E-state index < -0.39 is 0 Å². The van der Waals surface area contributed by atoms with Crippen LogP contribution in [0.2, 0.25) is 0 Å². The molecule has 4 atom stereocenters. The van der Waals surface area contributed by atoms with E-state index in [9.17, 15) is 0 Å². The standard InChI is InChI=1S/C9H14.C4H10.C2H6/c1-4-6-3-7-8(4)9(7)5(6)2;1-3-4-2;1-2/h4-9H,3H2,1-2H3;3-4H2,1-2H3;1-2H3. The van der Waals surface area contributed by atoms with E-state index in [1.165, 1.54) is 30.6 Å². The van der Waals surface area contributed by atoms with Gasteiger partial charge >= 0.3 is 0 Å². The van der Waals surface area contributed by atoms with Crippen LogP contribution in [0.5, 0.6) is 0 Å². The smallest absolute Gasteiger partial charge is 0.0321 e. The fourth-order valence-electron chi connectivity index (χ4n) is 4.02. The summed E-state index contributed by atoms with van der Waals surface area (Å²) in [6.45, 7) is 13.3. The van der Waals surface area contributed by atoms with E-state index >= 15 is 0 Å². The molecule has 0 amide bonds. The summed E-state index contributed by atoms with van der Waals surface area (Å²) in [7, 11) is 0. The van der Waals surface area contributed by atoms with E-state index in [1.807, 2.05) is 13.8 Å². The molecule has 0 spiro atoms. The summed E-state index contributed by atoms with van der Waals surface area (Å²) < 4.78 is 0. The Labute approximate surface area is 96.8 Å². The van der Waals surface area contributed by atoms with Crippen LogP contribution in [0.3, 0.4) is 0 Å². The molecule has 0 aromatic carbocycles. The summed E-state index contributed by atoms with van der Waals surface area (Å²) in [6.07, 6.45) is 4.23. The molecule has 0 saturated heterocycles. The minimum absolute atomic E-state index is 1.11. The van der Waals surface area contributed by atoms with E-state index in [4.69, 9.17) is 0 Å². The fraction of sp³-hybridized carbons (Fsp3) is 1.00. The normalized spacial score (nSPS) is 47.6. The third kappa shape index (κ3) is 2.10. The lowest BCUT2D eigenvalue weighted by Crippen LogP contribution is -2.05. The molecule has 0 aromatic heterocycles. The zero-order valence-electron chi connectivity index (χ0n) is 11.6. The van der Waals surface area contributed by atoms with Gasteiger partial charge in [-0.15, -0.1) is 0 Å². The van der Waals surface area contributed by atoms with Crippen molar-refractivity contribution < 1.29 is 0 Å². The molecular formula is C15H30.